The molecule has 0 spiro atoms. The molecule has 1 atom stereocenters. The first-order chi connectivity index (χ1) is 13.0. The van der Waals surface area contributed by atoms with E-state index in [1.807, 2.05) is 30.3 Å². The van der Waals surface area contributed by atoms with Gasteiger partial charge in [0.15, 0.2) is 11.2 Å². The summed E-state index contributed by atoms with van der Waals surface area (Å²) in [6, 6.07) is 10.1. The molecule has 0 bridgehead atoms. The van der Waals surface area contributed by atoms with E-state index in [1.54, 1.807) is 25.0 Å². The van der Waals surface area contributed by atoms with E-state index >= 15 is 0 Å². The Morgan fingerprint density at radius 2 is 1.85 bits per heavy atom. The van der Waals surface area contributed by atoms with Gasteiger partial charge < -0.3 is 9.30 Å². The quantitative estimate of drug-likeness (QED) is 0.570. The first-order valence-electron chi connectivity index (χ1n) is 9.25. The van der Waals surface area contributed by atoms with Crippen molar-refractivity contribution in [1.29, 1.82) is 0 Å². The molecule has 7 heteroatoms. The Balaban J connectivity index is 1.55. The van der Waals surface area contributed by atoms with Gasteiger partial charge in [0.05, 0.1) is 19.0 Å². The Hall–Kier alpha value is -2.67. The van der Waals surface area contributed by atoms with Crippen LogP contribution in [0.15, 0.2) is 46.2 Å². The minimum Gasteiger partial charge on any atom is -0.374 e. The summed E-state index contributed by atoms with van der Waals surface area (Å²) in [4.78, 5) is 29.2. The molecule has 0 fully saturated rings. The number of hydrogen-bond donors (Lipinski definition) is 0. The lowest BCUT2D eigenvalue weighted by Crippen LogP contribution is -2.39. The average Bonchev–Trinajstić information content (AvgIpc) is 3.06. The lowest BCUT2D eigenvalue weighted by Gasteiger charge is -2.13. The number of aromatic nitrogens is 4. The SMILES string of the molecule is C[C@H](CCCCn1c(=O)c2c(ncn2C)n(C)c1=O)OCc1ccccc1. The molecule has 2 aromatic heterocycles. The zero-order valence-corrected chi connectivity index (χ0v) is 16.1. The number of ether oxygens (including phenoxy) is 1. The number of aryl methyl sites for hydroxylation is 2. The van der Waals surface area contributed by atoms with Crippen LogP contribution in [0.2, 0.25) is 0 Å². The fraction of sp³-hybridized carbons (Fsp3) is 0.450. The van der Waals surface area contributed by atoms with Crippen LogP contribution >= 0.6 is 0 Å². The normalized spacial score (nSPS) is 12.6. The molecule has 0 amide bonds. The molecule has 0 aliphatic rings. The van der Waals surface area contributed by atoms with Gasteiger partial charge in [-0.2, -0.15) is 0 Å². The van der Waals surface area contributed by atoms with Crippen molar-refractivity contribution in [1.82, 2.24) is 18.7 Å². The van der Waals surface area contributed by atoms with Gasteiger partial charge in [-0.3, -0.25) is 13.9 Å². The van der Waals surface area contributed by atoms with E-state index in [0.29, 0.717) is 24.3 Å². The van der Waals surface area contributed by atoms with Crippen LogP contribution in [0.25, 0.3) is 11.2 Å². The van der Waals surface area contributed by atoms with Crippen LogP contribution in [-0.4, -0.2) is 24.8 Å². The molecule has 0 radical (unpaired) electrons. The minimum atomic E-state index is -0.320. The van der Waals surface area contributed by atoms with E-state index in [2.05, 4.69) is 11.9 Å². The molecule has 3 rings (SSSR count). The molecule has 7 nitrogen and oxygen atoms in total. The number of imidazole rings is 1. The van der Waals surface area contributed by atoms with Gasteiger partial charge >= 0.3 is 5.69 Å². The van der Waals surface area contributed by atoms with E-state index in [9.17, 15) is 9.59 Å². The van der Waals surface area contributed by atoms with Crippen LogP contribution in [0.1, 0.15) is 31.7 Å². The summed E-state index contributed by atoms with van der Waals surface area (Å²) in [7, 11) is 3.41. The highest BCUT2D eigenvalue weighted by Gasteiger charge is 2.14. The van der Waals surface area contributed by atoms with Crippen molar-refractivity contribution in [3.63, 3.8) is 0 Å². The van der Waals surface area contributed by atoms with Crippen LogP contribution in [0.3, 0.4) is 0 Å². The Bertz CT molecular complexity index is 1020. The highest BCUT2D eigenvalue weighted by Crippen LogP contribution is 2.09. The molecule has 3 aromatic rings. The Morgan fingerprint density at radius 3 is 2.59 bits per heavy atom. The molecule has 0 aliphatic carbocycles. The Morgan fingerprint density at radius 1 is 1.11 bits per heavy atom. The number of benzene rings is 1. The molecule has 0 saturated carbocycles. The first kappa shape index (κ1) is 19.1. The van der Waals surface area contributed by atoms with Crippen molar-refractivity contribution < 1.29 is 4.74 Å². The number of nitrogens with zero attached hydrogens (tertiary/aromatic N) is 4. The summed E-state index contributed by atoms with van der Waals surface area (Å²) in [5, 5.41) is 0. The summed E-state index contributed by atoms with van der Waals surface area (Å²) < 4.78 is 10.3. The lowest BCUT2D eigenvalue weighted by atomic mass is 10.1. The summed E-state index contributed by atoms with van der Waals surface area (Å²) in [6.45, 7) is 3.05. The van der Waals surface area contributed by atoms with E-state index in [4.69, 9.17) is 4.74 Å². The Labute approximate surface area is 157 Å². The van der Waals surface area contributed by atoms with E-state index in [1.165, 1.54) is 9.13 Å². The summed E-state index contributed by atoms with van der Waals surface area (Å²) >= 11 is 0. The van der Waals surface area contributed by atoms with Crippen molar-refractivity contribution in [2.24, 2.45) is 14.1 Å². The second-order valence-electron chi connectivity index (χ2n) is 6.93. The third-order valence-electron chi connectivity index (χ3n) is 4.82. The fourth-order valence-electron chi connectivity index (χ4n) is 3.19. The van der Waals surface area contributed by atoms with Gasteiger partial charge in [-0.25, -0.2) is 9.78 Å². The van der Waals surface area contributed by atoms with Gasteiger partial charge in [0.2, 0.25) is 0 Å². The second-order valence-corrected chi connectivity index (χ2v) is 6.93. The molecular weight excluding hydrogens is 344 g/mol. The number of unbranched alkanes of at least 4 members (excludes halogenated alkanes) is 1. The molecule has 0 N–H and O–H groups in total. The van der Waals surface area contributed by atoms with Crippen LogP contribution in [0, 0.1) is 0 Å². The maximum Gasteiger partial charge on any atom is 0.332 e. The fourth-order valence-corrected chi connectivity index (χ4v) is 3.19. The van der Waals surface area contributed by atoms with Crippen molar-refractivity contribution in [2.75, 3.05) is 0 Å². The third-order valence-corrected chi connectivity index (χ3v) is 4.82. The molecule has 2 heterocycles. The molecule has 0 unspecified atom stereocenters. The molecule has 0 saturated heterocycles. The van der Waals surface area contributed by atoms with Gasteiger partial charge in [-0.15, -0.1) is 0 Å². The topological polar surface area (TPSA) is 71.0 Å². The Kier molecular flexibility index (Phi) is 5.91. The zero-order chi connectivity index (χ0) is 19.4. The van der Waals surface area contributed by atoms with E-state index < -0.39 is 0 Å². The first-order valence-corrected chi connectivity index (χ1v) is 9.25. The zero-order valence-electron chi connectivity index (χ0n) is 16.1. The van der Waals surface area contributed by atoms with Crippen molar-refractivity contribution >= 4 is 11.2 Å². The minimum absolute atomic E-state index is 0.129. The van der Waals surface area contributed by atoms with Crippen LogP contribution in [0.5, 0.6) is 0 Å². The van der Waals surface area contributed by atoms with Gasteiger partial charge in [-0.1, -0.05) is 30.3 Å². The van der Waals surface area contributed by atoms with E-state index in [0.717, 1.165) is 24.8 Å². The largest absolute Gasteiger partial charge is 0.374 e. The van der Waals surface area contributed by atoms with Gasteiger partial charge in [0.1, 0.15) is 0 Å². The van der Waals surface area contributed by atoms with Crippen LogP contribution in [0.4, 0.5) is 0 Å². The summed E-state index contributed by atoms with van der Waals surface area (Å²) in [6.07, 6.45) is 4.20. The lowest BCUT2D eigenvalue weighted by molar-refractivity contribution is 0.0458. The average molecular weight is 370 g/mol. The predicted octanol–water partition coefficient (Wildman–Crippen LogP) is 2.21. The van der Waals surface area contributed by atoms with Gasteiger partial charge in [0, 0.05) is 20.6 Å². The predicted molar refractivity (Wildman–Crippen MR) is 105 cm³/mol. The molecule has 27 heavy (non-hydrogen) atoms. The monoisotopic (exact) mass is 370 g/mol. The highest BCUT2D eigenvalue weighted by atomic mass is 16.5. The summed E-state index contributed by atoms with van der Waals surface area (Å²) in [5.74, 6) is 0. The smallest absolute Gasteiger partial charge is 0.332 e. The van der Waals surface area contributed by atoms with Crippen LogP contribution in [-0.2, 0) is 32.0 Å². The molecular formula is C20H26N4O3. The summed E-state index contributed by atoms with van der Waals surface area (Å²) in [5.41, 5.74) is 1.44. The van der Waals surface area contributed by atoms with Crippen LogP contribution < -0.4 is 11.2 Å². The second kappa shape index (κ2) is 8.35. The number of hydrogen-bond acceptors (Lipinski definition) is 4. The molecule has 0 aliphatic heterocycles. The van der Waals surface area contributed by atoms with Crippen molar-refractivity contribution in [2.45, 2.75) is 45.4 Å². The van der Waals surface area contributed by atoms with Gasteiger partial charge in [0.25, 0.3) is 5.56 Å². The maximum absolute atomic E-state index is 12.6. The number of rotatable bonds is 8. The number of fused-ring (bicyclic) bond motifs is 1. The third kappa shape index (κ3) is 4.19. The standard InChI is InChI=1S/C20H26N4O3/c1-15(27-13-16-10-5-4-6-11-16)9-7-8-12-24-19(25)17-18(21-14-22(17)2)23(3)20(24)26/h4-6,10-11,14-15H,7-9,12-13H2,1-3H3/t15-/m1/s1. The van der Waals surface area contributed by atoms with Gasteiger partial charge in [-0.05, 0) is 31.7 Å². The highest BCUT2D eigenvalue weighted by molar-refractivity contribution is 5.69. The van der Waals surface area contributed by atoms with Crippen molar-refractivity contribution in [3.05, 3.63) is 63.1 Å². The molecule has 1 aromatic carbocycles. The molecule has 144 valence electrons. The maximum atomic E-state index is 12.6. The van der Waals surface area contributed by atoms with Crippen molar-refractivity contribution in [3.8, 4) is 0 Å². The van der Waals surface area contributed by atoms with E-state index in [-0.39, 0.29) is 17.4 Å².